The van der Waals surface area contributed by atoms with Gasteiger partial charge in [-0.1, -0.05) is 11.6 Å². The molecule has 0 radical (unpaired) electrons. The zero-order chi connectivity index (χ0) is 16.9. The van der Waals surface area contributed by atoms with Crippen LogP contribution in [0.15, 0.2) is 17.4 Å². The Morgan fingerprint density at radius 1 is 1.42 bits per heavy atom. The van der Waals surface area contributed by atoms with Crippen molar-refractivity contribution in [1.82, 2.24) is 20.2 Å². The van der Waals surface area contributed by atoms with Crippen LogP contribution >= 0.6 is 23.8 Å². The van der Waals surface area contributed by atoms with Gasteiger partial charge in [-0.15, -0.1) is 0 Å². The Bertz CT molecular complexity index is 632. The number of fused-ring (bicyclic) bond motifs is 1. The molecule has 1 aromatic rings. The molecule has 2 aliphatic rings. The highest BCUT2D eigenvalue weighted by atomic mass is 35.5. The number of nitrogens with zero attached hydrogens (tertiary/aromatic N) is 4. The number of pyridine rings is 1. The topological polar surface area (TPSA) is 76.0 Å². The number of halogens is 1. The van der Waals surface area contributed by atoms with Crippen LogP contribution in [0.2, 0.25) is 5.02 Å². The van der Waals surface area contributed by atoms with Crippen molar-refractivity contribution in [1.29, 1.82) is 0 Å². The number of hydrogen-bond donors (Lipinski definition) is 3. The van der Waals surface area contributed by atoms with E-state index in [-0.39, 0.29) is 6.61 Å². The van der Waals surface area contributed by atoms with E-state index >= 15 is 0 Å². The molecule has 0 bridgehead atoms. The number of rotatable bonds is 3. The largest absolute Gasteiger partial charge is 0.395 e. The van der Waals surface area contributed by atoms with Crippen molar-refractivity contribution in [3.8, 4) is 0 Å². The summed E-state index contributed by atoms with van der Waals surface area (Å²) < 4.78 is 0. The van der Waals surface area contributed by atoms with Crippen molar-refractivity contribution < 1.29 is 5.11 Å². The van der Waals surface area contributed by atoms with Crippen molar-refractivity contribution >= 4 is 40.3 Å². The molecule has 1 fully saturated rings. The minimum absolute atomic E-state index is 0.194. The highest BCUT2D eigenvalue weighted by Gasteiger charge is 2.21. The smallest absolute Gasteiger partial charge is 0.189 e. The highest BCUT2D eigenvalue weighted by molar-refractivity contribution is 7.80. The summed E-state index contributed by atoms with van der Waals surface area (Å²) in [5.41, 5.74) is 5.45. The van der Waals surface area contributed by atoms with Crippen molar-refractivity contribution in [2.75, 3.05) is 51.2 Å². The van der Waals surface area contributed by atoms with Gasteiger partial charge in [-0.2, -0.15) is 5.10 Å². The van der Waals surface area contributed by atoms with Crippen LogP contribution < -0.4 is 10.7 Å². The number of hydrazone groups is 1. The standard InChI is InChI=1S/C15H21ClN6OS/c16-11-1-3-18-14-12(2-4-17-13(11)14)19-20-15(24)22-7-5-21(6-8-22)9-10-23/h1,3,17,23H,2,4-10H2,(H,20,24)/b19-12-. The lowest BCUT2D eigenvalue weighted by atomic mass is 10.1. The number of anilines is 1. The lowest BCUT2D eigenvalue weighted by Gasteiger charge is -2.35. The predicted octanol–water partition coefficient (Wildman–Crippen LogP) is 0.739. The van der Waals surface area contributed by atoms with Gasteiger partial charge in [0.25, 0.3) is 0 Å². The Balaban J connectivity index is 1.61. The van der Waals surface area contributed by atoms with E-state index in [0.717, 1.165) is 56.2 Å². The quantitative estimate of drug-likeness (QED) is 0.536. The van der Waals surface area contributed by atoms with E-state index in [4.69, 9.17) is 28.9 Å². The molecular formula is C15H21ClN6OS. The van der Waals surface area contributed by atoms with Gasteiger partial charge >= 0.3 is 0 Å². The first-order valence-corrected chi connectivity index (χ1v) is 8.81. The van der Waals surface area contributed by atoms with Gasteiger partial charge < -0.3 is 15.3 Å². The summed E-state index contributed by atoms with van der Waals surface area (Å²) in [6.45, 7) is 5.13. The summed E-state index contributed by atoms with van der Waals surface area (Å²) in [5, 5.41) is 18.0. The van der Waals surface area contributed by atoms with Crippen molar-refractivity contribution in [3.63, 3.8) is 0 Å². The van der Waals surface area contributed by atoms with Crippen LogP contribution in [0.3, 0.4) is 0 Å². The fraction of sp³-hybridized carbons (Fsp3) is 0.533. The van der Waals surface area contributed by atoms with Gasteiger partial charge in [0.05, 0.1) is 23.0 Å². The highest BCUT2D eigenvalue weighted by Crippen LogP contribution is 2.28. The van der Waals surface area contributed by atoms with Gasteiger partial charge in [-0.3, -0.25) is 15.3 Å². The lowest BCUT2D eigenvalue weighted by Crippen LogP contribution is -2.51. The molecule has 0 saturated carbocycles. The Hall–Kier alpha value is -1.48. The minimum atomic E-state index is 0.194. The molecule has 0 amide bonds. The van der Waals surface area contributed by atoms with Crippen molar-refractivity contribution in [3.05, 3.63) is 23.0 Å². The van der Waals surface area contributed by atoms with Crippen molar-refractivity contribution in [2.45, 2.75) is 6.42 Å². The second-order valence-electron chi connectivity index (χ2n) is 5.72. The molecule has 0 atom stereocenters. The summed E-state index contributed by atoms with van der Waals surface area (Å²) in [6.07, 6.45) is 2.45. The maximum absolute atomic E-state index is 8.99. The summed E-state index contributed by atoms with van der Waals surface area (Å²) in [4.78, 5) is 8.70. The fourth-order valence-corrected chi connectivity index (χ4v) is 3.30. The van der Waals surface area contributed by atoms with Gasteiger partial charge in [-0.25, -0.2) is 0 Å². The molecule has 130 valence electrons. The van der Waals surface area contributed by atoms with E-state index < -0.39 is 0 Å². The monoisotopic (exact) mass is 368 g/mol. The van der Waals surface area contributed by atoms with Gasteiger partial charge in [0.2, 0.25) is 0 Å². The first-order chi connectivity index (χ1) is 11.7. The predicted molar refractivity (Wildman–Crippen MR) is 99.7 cm³/mol. The summed E-state index contributed by atoms with van der Waals surface area (Å²) in [5.74, 6) is 0. The second-order valence-corrected chi connectivity index (χ2v) is 6.51. The van der Waals surface area contributed by atoms with Crippen LogP contribution in [-0.4, -0.2) is 76.6 Å². The molecule has 2 aliphatic heterocycles. The number of piperazine rings is 1. The molecular weight excluding hydrogens is 348 g/mol. The van der Waals surface area contributed by atoms with Crippen LogP contribution in [-0.2, 0) is 0 Å². The first-order valence-electron chi connectivity index (χ1n) is 8.02. The van der Waals surface area contributed by atoms with E-state index in [1.165, 1.54) is 0 Å². The average Bonchev–Trinajstić information content (AvgIpc) is 2.61. The molecule has 3 rings (SSSR count). The number of hydrogen-bond acceptors (Lipinski definition) is 6. The third-order valence-corrected chi connectivity index (χ3v) is 4.86. The normalized spacial score (nSPS) is 19.8. The SMILES string of the molecule is OCCN1CCN(C(=S)N/N=C2/CCNc3c(Cl)ccnc32)CC1. The molecule has 0 aromatic carbocycles. The van der Waals surface area contributed by atoms with E-state index in [1.54, 1.807) is 12.3 Å². The fourth-order valence-electron chi connectivity index (χ4n) is 2.86. The number of aliphatic hydroxyl groups excluding tert-OH is 1. The summed E-state index contributed by atoms with van der Waals surface area (Å²) in [6, 6.07) is 1.76. The van der Waals surface area contributed by atoms with Crippen LogP contribution in [0.4, 0.5) is 5.69 Å². The molecule has 7 nitrogen and oxygen atoms in total. The lowest BCUT2D eigenvalue weighted by molar-refractivity contribution is 0.146. The number of β-amino-alcohol motifs (C(OH)–C–C–N with tert-alkyl or cyclic N) is 1. The van der Waals surface area contributed by atoms with E-state index in [0.29, 0.717) is 16.7 Å². The third kappa shape index (κ3) is 3.94. The average molecular weight is 369 g/mol. The molecule has 3 N–H and O–H groups in total. The van der Waals surface area contributed by atoms with E-state index in [1.807, 2.05) is 0 Å². The Morgan fingerprint density at radius 3 is 2.96 bits per heavy atom. The number of aliphatic hydroxyl groups is 1. The molecule has 9 heteroatoms. The minimum Gasteiger partial charge on any atom is -0.395 e. The van der Waals surface area contributed by atoms with E-state index in [9.17, 15) is 0 Å². The van der Waals surface area contributed by atoms with Crippen LogP contribution in [0.5, 0.6) is 0 Å². The molecule has 24 heavy (non-hydrogen) atoms. The maximum atomic E-state index is 8.99. The number of aromatic nitrogens is 1. The van der Waals surface area contributed by atoms with Crippen LogP contribution in [0.1, 0.15) is 12.1 Å². The summed E-state index contributed by atoms with van der Waals surface area (Å²) >= 11 is 11.6. The van der Waals surface area contributed by atoms with E-state index in [2.05, 4.69) is 30.6 Å². The van der Waals surface area contributed by atoms with Crippen molar-refractivity contribution in [2.24, 2.45) is 5.10 Å². The maximum Gasteiger partial charge on any atom is 0.189 e. The van der Waals surface area contributed by atoms with Gasteiger partial charge in [0.1, 0.15) is 5.69 Å². The Morgan fingerprint density at radius 2 is 2.21 bits per heavy atom. The van der Waals surface area contributed by atoms with Crippen LogP contribution in [0, 0.1) is 0 Å². The van der Waals surface area contributed by atoms with Crippen LogP contribution in [0.25, 0.3) is 0 Å². The van der Waals surface area contributed by atoms with Gasteiger partial charge in [-0.05, 0) is 18.3 Å². The molecule has 0 unspecified atom stereocenters. The van der Waals surface area contributed by atoms with Gasteiger partial charge in [0, 0.05) is 51.9 Å². The molecule has 0 aliphatic carbocycles. The molecule has 0 spiro atoms. The molecule has 1 aromatic heterocycles. The van der Waals surface area contributed by atoms with Gasteiger partial charge in [0.15, 0.2) is 5.11 Å². The Labute approximate surface area is 151 Å². The third-order valence-electron chi connectivity index (χ3n) is 4.20. The zero-order valence-electron chi connectivity index (χ0n) is 13.3. The molecule has 3 heterocycles. The summed E-state index contributed by atoms with van der Waals surface area (Å²) in [7, 11) is 0. The number of thiocarbonyl (C=S) groups is 1. The second kappa shape index (κ2) is 8.06. The zero-order valence-corrected chi connectivity index (χ0v) is 14.9. The Kier molecular flexibility index (Phi) is 5.83. The number of nitrogens with one attached hydrogen (secondary N) is 2. The first kappa shape index (κ1) is 17.3. The molecule has 1 saturated heterocycles.